The smallest absolute Gasteiger partial charge is 0.325 e. The maximum atomic E-state index is 12.3. The molecule has 0 radical (unpaired) electrons. The summed E-state index contributed by atoms with van der Waals surface area (Å²) in [6.45, 7) is 2.09. The van der Waals surface area contributed by atoms with E-state index in [1.54, 1.807) is 25.3 Å². The van der Waals surface area contributed by atoms with Crippen molar-refractivity contribution in [2.24, 2.45) is 0 Å². The van der Waals surface area contributed by atoms with E-state index >= 15 is 0 Å². The zero-order valence-electron chi connectivity index (χ0n) is 16.9. The van der Waals surface area contributed by atoms with Crippen LogP contribution in [0.1, 0.15) is 0 Å². The van der Waals surface area contributed by atoms with Gasteiger partial charge in [-0.25, -0.2) is 9.78 Å². The van der Waals surface area contributed by atoms with Crippen LogP contribution in [0.15, 0.2) is 47.6 Å². The van der Waals surface area contributed by atoms with Crippen molar-refractivity contribution < 1.29 is 23.8 Å². The Hall–Kier alpha value is -3.24. The number of methoxy groups -OCH3 is 1. The van der Waals surface area contributed by atoms with E-state index in [9.17, 15) is 9.59 Å². The molecule has 4 rings (SSSR count). The fourth-order valence-electron chi connectivity index (χ4n) is 3.14. The van der Waals surface area contributed by atoms with E-state index in [1.807, 2.05) is 28.8 Å². The molecule has 0 saturated carbocycles. The average molecular weight is 442 g/mol. The first-order valence-electron chi connectivity index (χ1n) is 9.71. The number of nitrogens with one attached hydrogen (secondary N) is 2. The standard InChI is InChI=1S/C21H22N4O5S/c1-28-9-8-25-16-5-3-2-4-15(16)23-21(25)31-13-19(26)24-20(27)22-14-6-7-17-18(12-14)30-11-10-29-17/h2-7,12H,8-11,13H2,1H3,(H2,22,24,26,27). The van der Waals surface area contributed by atoms with Crippen LogP contribution in [-0.2, 0) is 16.1 Å². The van der Waals surface area contributed by atoms with Gasteiger partial charge < -0.3 is 24.1 Å². The second-order valence-corrected chi connectivity index (χ2v) is 7.62. The molecule has 2 N–H and O–H groups in total. The summed E-state index contributed by atoms with van der Waals surface area (Å²) in [7, 11) is 1.64. The second kappa shape index (κ2) is 9.71. The first kappa shape index (κ1) is 21.0. The molecule has 31 heavy (non-hydrogen) atoms. The van der Waals surface area contributed by atoms with Gasteiger partial charge in [0.2, 0.25) is 5.91 Å². The van der Waals surface area contributed by atoms with Gasteiger partial charge in [-0.05, 0) is 24.3 Å². The van der Waals surface area contributed by atoms with Gasteiger partial charge in [0.25, 0.3) is 0 Å². The number of hydrogen-bond acceptors (Lipinski definition) is 7. The largest absolute Gasteiger partial charge is 0.486 e. The summed E-state index contributed by atoms with van der Waals surface area (Å²) in [4.78, 5) is 29.1. The predicted octanol–water partition coefficient (Wildman–Crippen LogP) is 2.89. The quantitative estimate of drug-likeness (QED) is 0.542. The molecule has 3 amide bonds. The molecule has 0 saturated heterocycles. The van der Waals surface area contributed by atoms with Gasteiger partial charge in [-0.3, -0.25) is 10.1 Å². The summed E-state index contributed by atoms with van der Waals surface area (Å²) < 4.78 is 18.1. The number of fused-ring (bicyclic) bond motifs is 2. The van der Waals surface area contributed by atoms with Crippen LogP contribution in [0.2, 0.25) is 0 Å². The number of rotatable bonds is 7. The second-order valence-electron chi connectivity index (χ2n) is 6.68. The Balaban J connectivity index is 1.34. The molecule has 0 aliphatic carbocycles. The number of para-hydroxylation sites is 2. The average Bonchev–Trinajstić information content (AvgIpc) is 3.13. The number of thioether (sulfide) groups is 1. The molecule has 0 atom stereocenters. The molecule has 1 aliphatic heterocycles. The van der Waals surface area contributed by atoms with Gasteiger partial charge in [-0.1, -0.05) is 23.9 Å². The molecule has 9 nitrogen and oxygen atoms in total. The lowest BCUT2D eigenvalue weighted by Crippen LogP contribution is -2.35. The normalized spacial score (nSPS) is 12.5. The van der Waals surface area contributed by atoms with Crippen LogP contribution in [-0.4, -0.2) is 54.2 Å². The van der Waals surface area contributed by atoms with Crippen molar-refractivity contribution in [3.63, 3.8) is 0 Å². The molecule has 10 heteroatoms. The van der Waals surface area contributed by atoms with Crippen LogP contribution in [0, 0.1) is 0 Å². The number of carbonyl (C=O) groups is 2. The van der Waals surface area contributed by atoms with Crippen molar-refractivity contribution in [1.29, 1.82) is 0 Å². The van der Waals surface area contributed by atoms with Gasteiger partial charge in [0.05, 0.1) is 23.4 Å². The minimum Gasteiger partial charge on any atom is -0.486 e. The molecule has 162 valence electrons. The summed E-state index contributed by atoms with van der Waals surface area (Å²) in [6, 6.07) is 12.2. The zero-order chi connectivity index (χ0) is 21.6. The van der Waals surface area contributed by atoms with Crippen molar-refractivity contribution in [2.45, 2.75) is 11.7 Å². The number of ether oxygens (including phenoxy) is 3. The lowest BCUT2D eigenvalue weighted by Gasteiger charge is -2.19. The van der Waals surface area contributed by atoms with Gasteiger partial charge in [0.15, 0.2) is 16.7 Å². The number of carbonyl (C=O) groups excluding carboxylic acids is 2. The van der Waals surface area contributed by atoms with E-state index in [2.05, 4.69) is 15.6 Å². The fraction of sp³-hybridized carbons (Fsp3) is 0.286. The van der Waals surface area contributed by atoms with E-state index in [0.717, 1.165) is 11.0 Å². The van der Waals surface area contributed by atoms with Gasteiger partial charge in [-0.2, -0.15) is 0 Å². The van der Waals surface area contributed by atoms with Gasteiger partial charge in [0.1, 0.15) is 13.2 Å². The maximum Gasteiger partial charge on any atom is 0.325 e. The number of imidazole rings is 1. The van der Waals surface area contributed by atoms with Crippen molar-refractivity contribution in [3.8, 4) is 11.5 Å². The molecule has 1 aromatic heterocycles. The van der Waals surface area contributed by atoms with Crippen molar-refractivity contribution in [3.05, 3.63) is 42.5 Å². The molecule has 2 aromatic carbocycles. The van der Waals surface area contributed by atoms with Gasteiger partial charge >= 0.3 is 6.03 Å². The number of imide groups is 1. The summed E-state index contributed by atoms with van der Waals surface area (Å²) in [5.74, 6) is 0.803. The van der Waals surface area contributed by atoms with Crippen LogP contribution in [0.25, 0.3) is 11.0 Å². The van der Waals surface area contributed by atoms with E-state index in [1.165, 1.54) is 11.8 Å². The van der Waals surface area contributed by atoms with Crippen molar-refractivity contribution >= 4 is 40.4 Å². The van der Waals surface area contributed by atoms with Crippen LogP contribution in [0.4, 0.5) is 10.5 Å². The third kappa shape index (κ3) is 5.09. The van der Waals surface area contributed by atoms with Crippen LogP contribution < -0.4 is 20.1 Å². The Morgan fingerprint density at radius 1 is 1.16 bits per heavy atom. The minimum atomic E-state index is -0.616. The molecular formula is C21H22N4O5S. The monoisotopic (exact) mass is 442 g/mol. The minimum absolute atomic E-state index is 0.0465. The molecule has 2 heterocycles. The van der Waals surface area contributed by atoms with Crippen LogP contribution in [0.5, 0.6) is 11.5 Å². The highest BCUT2D eigenvalue weighted by Crippen LogP contribution is 2.32. The number of urea groups is 1. The highest BCUT2D eigenvalue weighted by Gasteiger charge is 2.16. The Bertz CT molecular complexity index is 1100. The molecule has 0 unspecified atom stereocenters. The molecule has 0 bridgehead atoms. The summed E-state index contributed by atoms with van der Waals surface area (Å²) in [5.41, 5.74) is 2.32. The first-order chi connectivity index (χ1) is 15.1. The number of aromatic nitrogens is 2. The van der Waals surface area contributed by atoms with E-state index in [0.29, 0.717) is 48.7 Å². The van der Waals surface area contributed by atoms with Crippen LogP contribution >= 0.6 is 11.8 Å². The Morgan fingerprint density at radius 2 is 1.97 bits per heavy atom. The number of hydrogen-bond donors (Lipinski definition) is 2. The predicted molar refractivity (Wildman–Crippen MR) is 117 cm³/mol. The Labute approximate surface area is 183 Å². The van der Waals surface area contributed by atoms with Crippen molar-refractivity contribution in [2.75, 3.05) is 38.0 Å². The maximum absolute atomic E-state index is 12.3. The van der Waals surface area contributed by atoms with E-state index < -0.39 is 11.9 Å². The van der Waals surface area contributed by atoms with E-state index in [4.69, 9.17) is 14.2 Å². The van der Waals surface area contributed by atoms with Crippen LogP contribution in [0.3, 0.4) is 0 Å². The fourth-order valence-corrected chi connectivity index (χ4v) is 3.98. The molecule has 0 fully saturated rings. The SMILES string of the molecule is COCCn1c(SCC(=O)NC(=O)Nc2ccc3c(c2)OCCO3)nc2ccccc21. The van der Waals surface area contributed by atoms with Gasteiger partial charge in [-0.15, -0.1) is 0 Å². The van der Waals surface area contributed by atoms with Crippen molar-refractivity contribution in [1.82, 2.24) is 14.9 Å². The van der Waals surface area contributed by atoms with E-state index in [-0.39, 0.29) is 5.75 Å². The topological polar surface area (TPSA) is 104 Å². The number of amides is 3. The highest BCUT2D eigenvalue weighted by molar-refractivity contribution is 7.99. The summed E-state index contributed by atoms with van der Waals surface area (Å²) >= 11 is 1.27. The number of anilines is 1. The third-order valence-electron chi connectivity index (χ3n) is 4.52. The Kier molecular flexibility index (Phi) is 6.58. The summed E-state index contributed by atoms with van der Waals surface area (Å²) in [6.07, 6.45) is 0. The number of benzene rings is 2. The molecule has 3 aromatic rings. The summed E-state index contributed by atoms with van der Waals surface area (Å²) in [5, 5.41) is 5.66. The highest BCUT2D eigenvalue weighted by atomic mass is 32.2. The lowest BCUT2D eigenvalue weighted by atomic mass is 10.2. The Morgan fingerprint density at radius 3 is 2.81 bits per heavy atom. The number of nitrogens with zero attached hydrogens (tertiary/aromatic N) is 2. The lowest BCUT2D eigenvalue weighted by molar-refractivity contribution is -0.117. The zero-order valence-corrected chi connectivity index (χ0v) is 17.7. The van der Waals surface area contributed by atoms with Gasteiger partial charge in [0, 0.05) is 25.4 Å². The molecule has 0 spiro atoms. The molecular weight excluding hydrogens is 420 g/mol. The third-order valence-corrected chi connectivity index (χ3v) is 5.50. The molecule has 1 aliphatic rings. The first-order valence-corrected chi connectivity index (χ1v) is 10.7.